The maximum atomic E-state index is 11.2. The molecule has 1 rings (SSSR count). The van der Waals surface area contributed by atoms with Gasteiger partial charge in [0.1, 0.15) is 0 Å². The van der Waals surface area contributed by atoms with E-state index in [2.05, 4.69) is 9.72 Å². The van der Waals surface area contributed by atoms with Gasteiger partial charge in [-0.05, 0) is 13.0 Å². The van der Waals surface area contributed by atoms with Crippen LogP contribution in [0.1, 0.15) is 15.9 Å². The third-order valence-electron chi connectivity index (χ3n) is 1.76. The van der Waals surface area contributed by atoms with Crippen molar-refractivity contribution in [1.82, 2.24) is 4.98 Å². The summed E-state index contributed by atoms with van der Waals surface area (Å²) < 4.78 is 9.56. The van der Waals surface area contributed by atoms with Gasteiger partial charge in [-0.25, -0.2) is 9.78 Å². The third kappa shape index (κ3) is 1.77. The molecule has 1 aromatic heterocycles. The second kappa shape index (κ2) is 3.89. The molecular formula is C9H11NO3. The van der Waals surface area contributed by atoms with Crippen molar-refractivity contribution < 1.29 is 14.3 Å². The Balaban J connectivity index is 3.15. The van der Waals surface area contributed by atoms with E-state index in [1.54, 1.807) is 13.0 Å². The predicted molar refractivity (Wildman–Crippen MR) is 46.9 cm³/mol. The van der Waals surface area contributed by atoms with Crippen LogP contribution >= 0.6 is 0 Å². The summed E-state index contributed by atoms with van der Waals surface area (Å²) in [5.74, 6) is 0.0705. The van der Waals surface area contributed by atoms with E-state index in [0.717, 1.165) is 0 Å². The molecule has 1 aromatic rings. The Kier molecular flexibility index (Phi) is 2.84. The number of pyridine rings is 1. The number of nitrogens with zero attached hydrogens (tertiary/aromatic N) is 1. The van der Waals surface area contributed by atoms with Crippen LogP contribution in [-0.2, 0) is 4.74 Å². The fourth-order valence-electron chi connectivity index (χ4n) is 1.05. The highest BCUT2D eigenvalue weighted by molar-refractivity contribution is 5.91. The zero-order valence-electron chi connectivity index (χ0n) is 7.83. The van der Waals surface area contributed by atoms with E-state index < -0.39 is 0 Å². The van der Waals surface area contributed by atoms with Gasteiger partial charge in [0, 0.05) is 11.8 Å². The van der Waals surface area contributed by atoms with Gasteiger partial charge in [-0.15, -0.1) is 0 Å². The Labute approximate surface area is 76.5 Å². The average Bonchev–Trinajstić information content (AvgIpc) is 2.17. The molecule has 0 saturated heterocycles. The second-order valence-corrected chi connectivity index (χ2v) is 2.48. The molecule has 70 valence electrons. The number of carbonyl (C=O) groups is 1. The normalized spacial score (nSPS) is 9.46. The van der Waals surface area contributed by atoms with Gasteiger partial charge in [-0.1, -0.05) is 0 Å². The maximum Gasteiger partial charge on any atom is 0.338 e. The number of carbonyl (C=O) groups excluding carboxylic acids is 1. The Bertz CT molecular complexity index is 323. The van der Waals surface area contributed by atoms with Gasteiger partial charge in [0.2, 0.25) is 5.88 Å². The lowest BCUT2D eigenvalue weighted by molar-refractivity contribution is 0.0599. The van der Waals surface area contributed by atoms with Crippen LogP contribution in [0.25, 0.3) is 0 Å². The van der Waals surface area contributed by atoms with Crippen molar-refractivity contribution in [3.05, 3.63) is 23.4 Å². The first-order valence-corrected chi connectivity index (χ1v) is 3.78. The molecule has 0 aliphatic rings. The van der Waals surface area contributed by atoms with Crippen LogP contribution in [0.4, 0.5) is 0 Å². The number of hydrogen-bond donors (Lipinski definition) is 0. The topological polar surface area (TPSA) is 48.4 Å². The number of methoxy groups -OCH3 is 2. The van der Waals surface area contributed by atoms with Gasteiger partial charge < -0.3 is 9.47 Å². The number of esters is 1. The smallest absolute Gasteiger partial charge is 0.338 e. The van der Waals surface area contributed by atoms with Crippen molar-refractivity contribution in [3.63, 3.8) is 0 Å². The van der Waals surface area contributed by atoms with Crippen LogP contribution in [-0.4, -0.2) is 25.2 Å². The number of hydrogen-bond acceptors (Lipinski definition) is 4. The van der Waals surface area contributed by atoms with Crippen LogP contribution in [0.2, 0.25) is 0 Å². The van der Waals surface area contributed by atoms with Crippen molar-refractivity contribution in [2.45, 2.75) is 6.92 Å². The summed E-state index contributed by atoms with van der Waals surface area (Å²) >= 11 is 0. The van der Waals surface area contributed by atoms with E-state index in [9.17, 15) is 4.79 Å². The quantitative estimate of drug-likeness (QED) is 0.643. The fraction of sp³-hybridized carbons (Fsp3) is 0.333. The third-order valence-corrected chi connectivity index (χ3v) is 1.76. The lowest BCUT2D eigenvalue weighted by Crippen LogP contribution is -2.05. The minimum absolute atomic E-state index is 0.377. The Morgan fingerprint density at radius 3 is 2.69 bits per heavy atom. The minimum Gasteiger partial charge on any atom is -0.481 e. The van der Waals surface area contributed by atoms with Crippen molar-refractivity contribution in [1.29, 1.82) is 0 Å². The number of ether oxygens (including phenoxy) is 2. The van der Waals surface area contributed by atoms with Gasteiger partial charge >= 0.3 is 5.97 Å². The van der Waals surface area contributed by atoms with E-state index in [4.69, 9.17) is 4.74 Å². The summed E-state index contributed by atoms with van der Waals surface area (Å²) in [6.45, 7) is 1.76. The van der Waals surface area contributed by atoms with Gasteiger partial charge in [0.15, 0.2) is 0 Å². The van der Waals surface area contributed by atoms with E-state index >= 15 is 0 Å². The van der Waals surface area contributed by atoms with Crippen molar-refractivity contribution in [2.24, 2.45) is 0 Å². The summed E-state index contributed by atoms with van der Waals surface area (Å²) in [6, 6.07) is 1.60. The molecule has 4 heteroatoms. The molecule has 0 radical (unpaired) electrons. The van der Waals surface area contributed by atoms with Gasteiger partial charge in [-0.2, -0.15) is 0 Å². The molecule has 1 heterocycles. The van der Waals surface area contributed by atoms with E-state index in [0.29, 0.717) is 17.0 Å². The SMILES string of the molecule is COC(=O)c1ccnc(OC)c1C. The molecule has 0 aliphatic heterocycles. The molecule has 0 amide bonds. The molecule has 0 aliphatic carbocycles. The van der Waals surface area contributed by atoms with Crippen LogP contribution < -0.4 is 4.74 Å². The summed E-state index contributed by atoms with van der Waals surface area (Å²) in [7, 11) is 2.85. The molecule has 0 saturated carbocycles. The zero-order chi connectivity index (χ0) is 9.84. The number of rotatable bonds is 2. The van der Waals surface area contributed by atoms with Gasteiger partial charge in [0.25, 0.3) is 0 Å². The standard InChI is InChI=1S/C9H11NO3/c1-6-7(9(11)13-3)4-5-10-8(6)12-2/h4-5H,1-3H3. The maximum absolute atomic E-state index is 11.2. The summed E-state index contributed by atoms with van der Waals surface area (Å²) in [5.41, 5.74) is 1.17. The highest BCUT2D eigenvalue weighted by Crippen LogP contribution is 2.17. The Morgan fingerprint density at radius 1 is 1.46 bits per heavy atom. The lowest BCUT2D eigenvalue weighted by atomic mass is 10.1. The summed E-state index contributed by atoms with van der Waals surface area (Å²) in [4.78, 5) is 15.1. The van der Waals surface area contributed by atoms with E-state index in [1.807, 2.05) is 0 Å². The molecule has 13 heavy (non-hydrogen) atoms. The van der Waals surface area contributed by atoms with E-state index in [-0.39, 0.29) is 5.97 Å². The molecule has 4 nitrogen and oxygen atoms in total. The second-order valence-electron chi connectivity index (χ2n) is 2.48. The molecule has 0 unspecified atom stereocenters. The highest BCUT2D eigenvalue weighted by Gasteiger charge is 2.12. The Morgan fingerprint density at radius 2 is 2.15 bits per heavy atom. The minimum atomic E-state index is -0.377. The van der Waals surface area contributed by atoms with Crippen LogP contribution in [0, 0.1) is 6.92 Å². The first-order chi connectivity index (χ1) is 6.20. The first kappa shape index (κ1) is 9.51. The van der Waals surface area contributed by atoms with E-state index in [1.165, 1.54) is 20.4 Å². The molecule has 0 aromatic carbocycles. The van der Waals surface area contributed by atoms with Crippen LogP contribution in [0.3, 0.4) is 0 Å². The molecule has 0 bridgehead atoms. The zero-order valence-corrected chi connectivity index (χ0v) is 7.83. The van der Waals surface area contributed by atoms with Crippen LogP contribution in [0.15, 0.2) is 12.3 Å². The highest BCUT2D eigenvalue weighted by atomic mass is 16.5. The molecule has 0 N–H and O–H groups in total. The largest absolute Gasteiger partial charge is 0.481 e. The van der Waals surface area contributed by atoms with Crippen molar-refractivity contribution in [3.8, 4) is 5.88 Å². The Hall–Kier alpha value is -1.58. The monoisotopic (exact) mass is 181 g/mol. The van der Waals surface area contributed by atoms with Gasteiger partial charge in [0.05, 0.1) is 19.8 Å². The summed E-state index contributed by atoms with van der Waals surface area (Å²) in [5, 5.41) is 0. The van der Waals surface area contributed by atoms with Crippen molar-refractivity contribution >= 4 is 5.97 Å². The fourth-order valence-corrected chi connectivity index (χ4v) is 1.05. The van der Waals surface area contributed by atoms with Crippen molar-refractivity contribution in [2.75, 3.05) is 14.2 Å². The predicted octanol–water partition coefficient (Wildman–Crippen LogP) is 1.19. The molecule has 0 spiro atoms. The molecular weight excluding hydrogens is 170 g/mol. The number of aromatic nitrogens is 1. The average molecular weight is 181 g/mol. The van der Waals surface area contributed by atoms with Crippen LogP contribution in [0.5, 0.6) is 5.88 Å². The molecule has 0 fully saturated rings. The molecule has 0 atom stereocenters. The summed E-state index contributed by atoms with van der Waals surface area (Å²) in [6.07, 6.45) is 1.51. The first-order valence-electron chi connectivity index (χ1n) is 3.78. The van der Waals surface area contributed by atoms with Gasteiger partial charge in [-0.3, -0.25) is 0 Å². The lowest BCUT2D eigenvalue weighted by Gasteiger charge is -2.06.